The van der Waals surface area contributed by atoms with Crippen LogP contribution in [0, 0.1) is 5.92 Å². The summed E-state index contributed by atoms with van der Waals surface area (Å²) in [7, 11) is 0. The smallest absolute Gasteiger partial charge is 0.137 e. The number of aromatic amines is 2. The summed E-state index contributed by atoms with van der Waals surface area (Å²) in [5.41, 5.74) is 5.85. The minimum Gasteiger partial charge on any atom is -0.346 e. The Balaban J connectivity index is 1.84. The molecule has 106 valence electrons. The van der Waals surface area contributed by atoms with E-state index in [0.29, 0.717) is 5.92 Å². The van der Waals surface area contributed by atoms with Crippen molar-refractivity contribution in [1.29, 1.82) is 0 Å². The number of hydrogen-bond acceptors (Lipinski definition) is 2. The summed E-state index contributed by atoms with van der Waals surface area (Å²) in [6, 6.07) is 2.26. The number of hydrogen-bond donors (Lipinski definition) is 2. The van der Waals surface area contributed by atoms with E-state index in [1.807, 2.05) is 24.8 Å². The predicted molar refractivity (Wildman–Crippen MR) is 84.7 cm³/mol. The third-order valence-corrected chi connectivity index (χ3v) is 4.30. The van der Waals surface area contributed by atoms with Crippen LogP contribution in [0.25, 0.3) is 27.7 Å². The van der Waals surface area contributed by atoms with Gasteiger partial charge in [-0.1, -0.05) is 13.0 Å². The molecule has 0 aromatic carbocycles. The molecule has 1 aliphatic rings. The van der Waals surface area contributed by atoms with Gasteiger partial charge in [-0.25, -0.2) is 4.98 Å². The number of nitrogens with zero attached hydrogens (tertiary/aromatic N) is 2. The van der Waals surface area contributed by atoms with Crippen LogP contribution in [0.3, 0.4) is 0 Å². The van der Waals surface area contributed by atoms with Crippen LogP contribution in [0.5, 0.6) is 0 Å². The fourth-order valence-corrected chi connectivity index (χ4v) is 3.18. The molecule has 3 heterocycles. The highest BCUT2D eigenvalue weighted by atomic mass is 15.1. The van der Waals surface area contributed by atoms with E-state index in [1.54, 1.807) is 0 Å². The SMILES string of the molecule is CC1C=C(c2cnc3[nH]cc(-c4cn[nH]c4)c3c2)CCC1. The van der Waals surface area contributed by atoms with E-state index in [0.717, 1.165) is 28.6 Å². The second kappa shape index (κ2) is 4.88. The Hall–Kier alpha value is -2.36. The molecule has 3 aromatic rings. The summed E-state index contributed by atoms with van der Waals surface area (Å²) < 4.78 is 0. The fourth-order valence-electron chi connectivity index (χ4n) is 3.18. The van der Waals surface area contributed by atoms with Gasteiger partial charge in [0.1, 0.15) is 5.65 Å². The van der Waals surface area contributed by atoms with Gasteiger partial charge >= 0.3 is 0 Å². The van der Waals surface area contributed by atoms with E-state index in [2.05, 4.69) is 39.2 Å². The molecule has 1 atom stereocenters. The third kappa shape index (κ3) is 2.17. The second-order valence-corrected chi connectivity index (χ2v) is 5.87. The van der Waals surface area contributed by atoms with Gasteiger partial charge in [0, 0.05) is 35.1 Å². The van der Waals surface area contributed by atoms with Crippen molar-refractivity contribution in [3.63, 3.8) is 0 Å². The molecule has 0 radical (unpaired) electrons. The van der Waals surface area contributed by atoms with Crippen molar-refractivity contribution in [2.45, 2.75) is 26.2 Å². The number of rotatable bonds is 2. The molecule has 0 saturated carbocycles. The molecule has 2 N–H and O–H groups in total. The average Bonchev–Trinajstić information content (AvgIpc) is 3.15. The Labute approximate surface area is 123 Å². The Morgan fingerprint density at radius 1 is 1.19 bits per heavy atom. The topological polar surface area (TPSA) is 57.4 Å². The lowest BCUT2D eigenvalue weighted by molar-refractivity contribution is 0.592. The standard InChI is InChI=1S/C17H18N4/c1-11-3-2-4-12(5-11)13-6-15-16(14-8-20-21-9-14)10-19-17(15)18-7-13/h5-11H,2-4H2,1H3,(H,18,19)(H,20,21). The van der Waals surface area contributed by atoms with Crippen LogP contribution in [0.15, 0.2) is 36.9 Å². The molecule has 4 nitrogen and oxygen atoms in total. The van der Waals surface area contributed by atoms with Crippen LogP contribution in [0.2, 0.25) is 0 Å². The quantitative estimate of drug-likeness (QED) is 0.739. The van der Waals surface area contributed by atoms with Crippen LogP contribution < -0.4 is 0 Å². The van der Waals surface area contributed by atoms with Crippen LogP contribution in [-0.2, 0) is 0 Å². The van der Waals surface area contributed by atoms with Crippen LogP contribution in [0.4, 0.5) is 0 Å². The lowest BCUT2D eigenvalue weighted by Gasteiger charge is -2.17. The van der Waals surface area contributed by atoms with E-state index >= 15 is 0 Å². The van der Waals surface area contributed by atoms with E-state index in [4.69, 9.17) is 0 Å². The molecule has 0 spiro atoms. The minimum atomic E-state index is 0.670. The first kappa shape index (κ1) is 12.4. The average molecular weight is 278 g/mol. The summed E-state index contributed by atoms with van der Waals surface area (Å²) in [6.07, 6.45) is 13.9. The van der Waals surface area contributed by atoms with Crippen molar-refractivity contribution >= 4 is 16.6 Å². The molecule has 0 amide bonds. The molecule has 21 heavy (non-hydrogen) atoms. The zero-order valence-electron chi connectivity index (χ0n) is 12.1. The van der Waals surface area contributed by atoms with E-state index < -0.39 is 0 Å². The van der Waals surface area contributed by atoms with Crippen LogP contribution in [-0.4, -0.2) is 20.2 Å². The van der Waals surface area contributed by atoms with Gasteiger partial charge in [-0.3, -0.25) is 5.10 Å². The van der Waals surface area contributed by atoms with Crippen molar-refractivity contribution in [3.05, 3.63) is 42.5 Å². The van der Waals surface area contributed by atoms with Crippen molar-refractivity contribution in [2.24, 2.45) is 5.92 Å². The summed E-state index contributed by atoms with van der Waals surface area (Å²) in [6.45, 7) is 2.29. The zero-order valence-corrected chi connectivity index (χ0v) is 12.1. The molecular formula is C17H18N4. The van der Waals surface area contributed by atoms with Gasteiger partial charge in [0.25, 0.3) is 0 Å². The highest BCUT2D eigenvalue weighted by Crippen LogP contribution is 2.33. The van der Waals surface area contributed by atoms with E-state index in [-0.39, 0.29) is 0 Å². The van der Waals surface area contributed by atoms with Gasteiger partial charge in [-0.05, 0) is 42.4 Å². The Morgan fingerprint density at radius 3 is 2.95 bits per heavy atom. The van der Waals surface area contributed by atoms with Crippen molar-refractivity contribution < 1.29 is 0 Å². The summed E-state index contributed by atoms with van der Waals surface area (Å²) in [4.78, 5) is 7.83. The van der Waals surface area contributed by atoms with Crippen molar-refractivity contribution in [3.8, 4) is 11.1 Å². The van der Waals surface area contributed by atoms with Crippen molar-refractivity contribution in [1.82, 2.24) is 20.2 Å². The summed E-state index contributed by atoms with van der Waals surface area (Å²) in [5, 5.41) is 8.07. The number of nitrogens with one attached hydrogen (secondary N) is 2. The first-order chi connectivity index (χ1) is 10.3. The predicted octanol–water partition coefficient (Wildman–Crippen LogP) is 4.16. The Morgan fingerprint density at radius 2 is 2.14 bits per heavy atom. The Bertz CT molecular complexity index is 795. The van der Waals surface area contributed by atoms with E-state index in [1.165, 1.54) is 24.0 Å². The van der Waals surface area contributed by atoms with E-state index in [9.17, 15) is 0 Å². The number of pyridine rings is 1. The maximum atomic E-state index is 4.58. The fraction of sp³-hybridized carbons (Fsp3) is 0.294. The molecule has 0 aliphatic heterocycles. The molecule has 0 bridgehead atoms. The van der Waals surface area contributed by atoms with Gasteiger partial charge in [-0.15, -0.1) is 0 Å². The van der Waals surface area contributed by atoms with Gasteiger partial charge < -0.3 is 4.98 Å². The largest absolute Gasteiger partial charge is 0.346 e. The molecule has 1 unspecified atom stereocenters. The maximum absolute atomic E-state index is 4.58. The first-order valence-corrected chi connectivity index (χ1v) is 7.48. The van der Waals surface area contributed by atoms with Crippen molar-refractivity contribution in [2.75, 3.05) is 0 Å². The molecular weight excluding hydrogens is 260 g/mol. The van der Waals surface area contributed by atoms with Gasteiger partial charge in [0.15, 0.2) is 0 Å². The summed E-state index contributed by atoms with van der Waals surface area (Å²) in [5.74, 6) is 0.670. The van der Waals surface area contributed by atoms with Gasteiger partial charge in [-0.2, -0.15) is 5.10 Å². The van der Waals surface area contributed by atoms with Gasteiger partial charge in [0.2, 0.25) is 0 Å². The number of H-pyrrole nitrogens is 2. The Kier molecular flexibility index (Phi) is 2.88. The molecule has 4 rings (SSSR count). The molecule has 4 heteroatoms. The molecule has 0 fully saturated rings. The number of fused-ring (bicyclic) bond motifs is 1. The molecule has 0 saturated heterocycles. The lowest BCUT2D eigenvalue weighted by Crippen LogP contribution is -2.00. The monoisotopic (exact) mass is 278 g/mol. The van der Waals surface area contributed by atoms with Gasteiger partial charge in [0.05, 0.1) is 6.20 Å². The maximum Gasteiger partial charge on any atom is 0.137 e. The minimum absolute atomic E-state index is 0.670. The normalized spacial score (nSPS) is 18.9. The zero-order chi connectivity index (χ0) is 14.2. The third-order valence-electron chi connectivity index (χ3n) is 4.30. The highest BCUT2D eigenvalue weighted by Gasteiger charge is 2.14. The number of allylic oxidation sites excluding steroid dienone is 2. The number of aromatic nitrogens is 4. The second-order valence-electron chi connectivity index (χ2n) is 5.87. The highest BCUT2D eigenvalue weighted by molar-refractivity contribution is 5.94. The van der Waals surface area contributed by atoms with Crippen LogP contribution >= 0.6 is 0 Å². The summed E-state index contributed by atoms with van der Waals surface area (Å²) >= 11 is 0. The first-order valence-electron chi connectivity index (χ1n) is 7.48. The molecule has 3 aromatic heterocycles. The van der Waals surface area contributed by atoms with Crippen LogP contribution in [0.1, 0.15) is 31.7 Å². The molecule has 1 aliphatic carbocycles. The lowest BCUT2D eigenvalue weighted by atomic mass is 9.88.